The lowest BCUT2D eigenvalue weighted by atomic mass is 10.1. The van der Waals surface area contributed by atoms with Gasteiger partial charge in [-0.25, -0.2) is 4.39 Å². The van der Waals surface area contributed by atoms with Crippen LogP contribution >= 0.6 is 11.3 Å². The Morgan fingerprint density at radius 2 is 2.12 bits per heavy atom. The number of hydrogen-bond acceptors (Lipinski definition) is 3. The van der Waals surface area contributed by atoms with E-state index in [1.54, 1.807) is 6.07 Å². The predicted octanol–water partition coefficient (Wildman–Crippen LogP) is 2.45. The molecule has 1 saturated heterocycles. The Hall–Kier alpha value is -0.970. The summed E-state index contributed by atoms with van der Waals surface area (Å²) in [5.41, 5.74) is 1.26. The molecular formula is C13H15FN2S. The summed E-state index contributed by atoms with van der Waals surface area (Å²) >= 11 is 1.51. The quantitative estimate of drug-likeness (QED) is 0.880. The fourth-order valence-electron chi connectivity index (χ4n) is 2.31. The lowest BCUT2D eigenvalue weighted by molar-refractivity contribution is 0.234. The number of nitrogens with one attached hydrogen (secondary N) is 1. The van der Waals surface area contributed by atoms with Crippen molar-refractivity contribution < 1.29 is 4.39 Å². The first-order chi connectivity index (χ1) is 8.34. The molecule has 2 heterocycles. The number of halogens is 1. The Morgan fingerprint density at radius 1 is 1.29 bits per heavy atom. The zero-order valence-corrected chi connectivity index (χ0v) is 10.4. The second-order valence-electron chi connectivity index (χ2n) is 4.40. The molecule has 1 aromatic carbocycles. The summed E-state index contributed by atoms with van der Waals surface area (Å²) in [6.45, 7) is 5.19. The number of nitrogens with zero attached hydrogens (tertiary/aromatic N) is 1. The predicted molar refractivity (Wildman–Crippen MR) is 69.9 cm³/mol. The van der Waals surface area contributed by atoms with Gasteiger partial charge in [0, 0.05) is 32.7 Å². The normalized spacial score (nSPS) is 17.7. The molecule has 0 amide bonds. The van der Waals surface area contributed by atoms with E-state index >= 15 is 0 Å². The molecule has 0 saturated carbocycles. The SMILES string of the molecule is Fc1cccc2c(CN3CCNCC3)csc12. The van der Waals surface area contributed by atoms with Gasteiger partial charge in [-0.1, -0.05) is 12.1 Å². The van der Waals surface area contributed by atoms with Gasteiger partial charge in [0.15, 0.2) is 0 Å². The average molecular weight is 250 g/mol. The van der Waals surface area contributed by atoms with Crippen LogP contribution in [0.4, 0.5) is 4.39 Å². The molecule has 2 aromatic rings. The lowest BCUT2D eigenvalue weighted by Gasteiger charge is -2.26. The highest BCUT2D eigenvalue weighted by Gasteiger charge is 2.13. The van der Waals surface area contributed by atoms with Gasteiger partial charge in [-0.3, -0.25) is 4.90 Å². The van der Waals surface area contributed by atoms with Crippen LogP contribution in [0, 0.1) is 5.82 Å². The van der Waals surface area contributed by atoms with Gasteiger partial charge in [-0.15, -0.1) is 11.3 Å². The summed E-state index contributed by atoms with van der Waals surface area (Å²) in [6.07, 6.45) is 0. The molecule has 17 heavy (non-hydrogen) atoms. The highest BCUT2D eigenvalue weighted by Crippen LogP contribution is 2.29. The third kappa shape index (κ3) is 2.20. The first kappa shape index (κ1) is 11.1. The molecule has 0 radical (unpaired) electrons. The molecule has 3 rings (SSSR count). The Morgan fingerprint density at radius 3 is 2.94 bits per heavy atom. The maximum atomic E-state index is 13.6. The summed E-state index contributed by atoms with van der Waals surface area (Å²) in [5.74, 6) is -0.0981. The maximum absolute atomic E-state index is 13.6. The van der Waals surface area contributed by atoms with Crippen LogP contribution in [0.1, 0.15) is 5.56 Å². The van der Waals surface area contributed by atoms with Crippen LogP contribution in [-0.2, 0) is 6.54 Å². The minimum Gasteiger partial charge on any atom is -0.314 e. The van der Waals surface area contributed by atoms with Crippen molar-refractivity contribution in [3.8, 4) is 0 Å². The Kier molecular flexibility index (Phi) is 3.09. The summed E-state index contributed by atoms with van der Waals surface area (Å²) in [6, 6.07) is 5.35. The van der Waals surface area contributed by atoms with Crippen molar-refractivity contribution in [1.29, 1.82) is 0 Å². The molecule has 1 aliphatic rings. The van der Waals surface area contributed by atoms with Crippen molar-refractivity contribution >= 4 is 21.4 Å². The Bertz CT molecular complexity index is 517. The van der Waals surface area contributed by atoms with Crippen LogP contribution in [0.2, 0.25) is 0 Å². The monoisotopic (exact) mass is 250 g/mol. The van der Waals surface area contributed by atoms with E-state index in [9.17, 15) is 4.39 Å². The second-order valence-corrected chi connectivity index (χ2v) is 5.28. The summed E-state index contributed by atoms with van der Waals surface area (Å²) in [7, 11) is 0. The molecule has 0 unspecified atom stereocenters. The van der Waals surface area contributed by atoms with Crippen molar-refractivity contribution in [2.24, 2.45) is 0 Å². The molecule has 0 spiro atoms. The maximum Gasteiger partial charge on any atom is 0.140 e. The molecule has 0 bridgehead atoms. The van der Waals surface area contributed by atoms with Gasteiger partial charge >= 0.3 is 0 Å². The van der Waals surface area contributed by atoms with E-state index in [1.807, 2.05) is 6.07 Å². The minimum absolute atomic E-state index is 0.0981. The van der Waals surface area contributed by atoms with E-state index in [0.29, 0.717) is 0 Å². The zero-order valence-electron chi connectivity index (χ0n) is 9.58. The molecule has 90 valence electrons. The smallest absolute Gasteiger partial charge is 0.140 e. The number of benzene rings is 1. The standard InChI is InChI=1S/C13H15FN2S/c14-12-3-1-2-11-10(9-17-13(11)12)8-16-6-4-15-5-7-16/h1-3,9,15H,4-8H2. The molecule has 0 atom stereocenters. The minimum atomic E-state index is -0.0981. The zero-order chi connectivity index (χ0) is 11.7. The van der Waals surface area contributed by atoms with E-state index in [0.717, 1.165) is 42.8 Å². The van der Waals surface area contributed by atoms with E-state index < -0.39 is 0 Å². The van der Waals surface area contributed by atoms with Gasteiger partial charge in [0.2, 0.25) is 0 Å². The van der Waals surface area contributed by atoms with Gasteiger partial charge in [-0.2, -0.15) is 0 Å². The van der Waals surface area contributed by atoms with Crippen LogP contribution in [0.3, 0.4) is 0 Å². The number of fused-ring (bicyclic) bond motifs is 1. The fraction of sp³-hybridized carbons (Fsp3) is 0.385. The topological polar surface area (TPSA) is 15.3 Å². The van der Waals surface area contributed by atoms with Crippen LogP contribution in [-0.4, -0.2) is 31.1 Å². The van der Waals surface area contributed by atoms with Crippen LogP contribution in [0.15, 0.2) is 23.6 Å². The number of piperazine rings is 1. The van der Waals surface area contributed by atoms with Crippen LogP contribution in [0.25, 0.3) is 10.1 Å². The van der Waals surface area contributed by atoms with Crippen LogP contribution in [0.5, 0.6) is 0 Å². The van der Waals surface area contributed by atoms with E-state index in [4.69, 9.17) is 0 Å². The van der Waals surface area contributed by atoms with Gasteiger partial charge in [0.1, 0.15) is 5.82 Å². The molecule has 1 aromatic heterocycles. The number of rotatable bonds is 2. The first-order valence-corrected chi connectivity index (χ1v) is 6.80. The first-order valence-electron chi connectivity index (χ1n) is 5.92. The molecule has 4 heteroatoms. The summed E-state index contributed by atoms with van der Waals surface area (Å²) < 4.78 is 14.4. The highest BCUT2D eigenvalue weighted by molar-refractivity contribution is 7.17. The van der Waals surface area contributed by atoms with Crippen molar-refractivity contribution in [1.82, 2.24) is 10.2 Å². The molecular weight excluding hydrogens is 235 g/mol. The molecule has 1 fully saturated rings. The third-order valence-corrected chi connectivity index (χ3v) is 4.29. The van der Waals surface area contributed by atoms with Crippen molar-refractivity contribution in [3.05, 3.63) is 35.0 Å². The molecule has 1 N–H and O–H groups in total. The molecule has 2 nitrogen and oxygen atoms in total. The van der Waals surface area contributed by atoms with Crippen molar-refractivity contribution in [2.75, 3.05) is 26.2 Å². The summed E-state index contributed by atoms with van der Waals surface area (Å²) in [4.78, 5) is 2.42. The van der Waals surface area contributed by atoms with E-state index in [2.05, 4.69) is 15.6 Å². The fourth-order valence-corrected chi connectivity index (χ4v) is 3.28. The van der Waals surface area contributed by atoms with Crippen molar-refractivity contribution in [2.45, 2.75) is 6.54 Å². The lowest BCUT2D eigenvalue weighted by Crippen LogP contribution is -2.42. The number of hydrogen-bond donors (Lipinski definition) is 1. The Labute approximate surface area is 104 Å². The highest BCUT2D eigenvalue weighted by atomic mass is 32.1. The molecule has 0 aliphatic carbocycles. The largest absolute Gasteiger partial charge is 0.314 e. The second kappa shape index (κ2) is 4.72. The van der Waals surface area contributed by atoms with E-state index in [1.165, 1.54) is 23.0 Å². The van der Waals surface area contributed by atoms with Gasteiger partial charge < -0.3 is 5.32 Å². The third-order valence-electron chi connectivity index (χ3n) is 3.24. The number of thiophene rings is 1. The van der Waals surface area contributed by atoms with Gasteiger partial charge in [-0.05, 0) is 22.4 Å². The Balaban J connectivity index is 1.87. The van der Waals surface area contributed by atoms with Crippen LogP contribution < -0.4 is 5.32 Å². The van der Waals surface area contributed by atoms with E-state index in [-0.39, 0.29) is 5.82 Å². The molecule has 1 aliphatic heterocycles. The van der Waals surface area contributed by atoms with Crippen molar-refractivity contribution in [3.63, 3.8) is 0 Å². The average Bonchev–Trinajstić information content (AvgIpc) is 2.76. The summed E-state index contributed by atoms with van der Waals surface area (Å²) in [5, 5.41) is 6.51. The van der Waals surface area contributed by atoms with Gasteiger partial charge in [0.05, 0.1) is 4.70 Å². The van der Waals surface area contributed by atoms with Gasteiger partial charge in [0.25, 0.3) is 0 Å².